The minimum Gasteiger partial charge on any atom is -0.376 e. The minimum atomic E-state index is -3.48. The van der Waals surface area contributed by atoms with E-state index in [1.807, 2.05) is 6.92 Å². The van der Waals surface area contributed by atoms with E-state index in [4.69, 9.17) is 4.74 Å². The summed E-state index contributed by atoms with van der Waals surface area (Å²) in [5, 5.41) is 0. The van der Waals surface area contributed by atoms with Crippen LogP contribution in [0.25, 0.3) is 0 Å². The molecule has 1 aromatic carbocycles. The molecule has 1 heterocycles. The van der Waals surface area contributed by atoms with E-state index in [2.05, 4.69) is 0 Å². The molecule has 0 N–H and O–H groups in total. The Bertz CT molecular complexity index is 635. The number of amides is 1. The van der Waals surface area contributed by atoms with Gasteiger partial charge in [-0.2, -0.15) is 0 Å². The van der Waals surface area contributed by atoms with Gasteiger partial charge in [0.2, 0.25) is 10.0 Å². The van der Waals surface area contributed by atoms with Crippen molar-refractivity contribution in [3.05, 3.63) is 29.8 Å². The van der Waals surface area contributed by atoms with Crippen molar-refractivity contribution >= 4 is 15.9 Å². The largest absolute Gasteiger partial charge is 0.376 e. The average Bonchev–Trinajstić information content (AvgIpc) is 3.05. The molecule has 2 rings (SSSR count). The Kier molecular flexibility index (Phi) is 5.78. The van der Waals surface area contributed by atoms with E-state index >= 15 is 0 Å². The molecule has 0 saturated carbocycles. The zero-order valence-electron chi connectivity index (χ0n) is 13.9. The van der Waals surface area contributed by atoms with Gasteiger partial charge in [-0.1, -0.05) is 0 Å². The van der Waals surface area contributed by atoms with E-state index in [1.54, 1.807) is 17.0 Å². The number of hydrogen-bond acceptors (Lipinski definition) is 4. The summed E-state index contributed by atoms with van der Waals surface area (Å²) in [4.78, 5) is 14.5. The van der Waals surface area contributed by atoms with Gasteiger partial charge in [0.1, 0.15) is 0 Å². The third-order valence-corrected chi connectivity index (χ3v) is 5.83. The normalized spacial score (nSPS) is 18.3. The molecule has 1 amide bonds. The molecule has 1 aliphatic rings. The molecular weight excluding hydrogens is 316 g/mol. The highest BCUT2D eigenvalue weighted by Crippen LogP contribution is 2.17. The van der Waals surface area contributed by atoms with E-state index < -0.39 is 10.0 Å². The van der Waals surface area contributed by atoms with Gasteiger partial charge in [-0.05, 0) is 44.0 Å². The predicted octanol–water partition coefficient (Wildman–Crippen LogP) is 1.58. The number of likely N-dealkylation sites (N-methyl/N-ethyl adjacent to an activating group) is 1. The lowest BCUT2D eigenvalue weighted by molar-refractivity contribution is 0.0539. The van der Waals surface area contributed by atoms with Gasteiger partial charge < -0.3 is 9.64 Å². The maximum absolute atomic E-state index is 12.6. The van der Waals surface area contributed by atoms with E-state index in [-0.39, 0.29) is 16.9 Å². The van der Waals surface area contributed by atoms with Crippen LogP contribution in [0.15, 0.2) is 29.2 Å². The Hall–Kier alpha value is -1.44. The fourth-order valence-electron chi connectivity index (χ4n) is 2.55. The van der Waals surface area contributed by atoms with Crippen LogP contribution in [0.3, 0.4) is 0 Å². The molecule has 1 saturated heterocycles. The Morgan fingerprint density at radius 1 is 1.26 bits per heavy atom. The zero-order chi connectivity index (χ0) is 17.0. The molecule has 1 aliphatic heterocycles. The maximum Gasteiger partial charge on any atom is 0.253 e. The number of rotatable bonds is 6. The first kappa shape index (κ1) is 17.9. The Morgan fingerprint density at radius 3 is 2.39 bits per heavy atom. The second-order valence-corrected chi connectivity index (χ2v) is 7.94. The Morgan fingerprint density at radius 2 is 1.91 bits per heavy atom. The lowest BCUT2D eigenvalue weighted by Crippen LogP contribution is -2.37. The summed E-state index contributed by atoms with van der Waals surface area (Å²) in [6.45, 7) is 3.86. The molecule has 128 valence electrons. The number of nitrogens with zero attached hydrogens (tertiary/aromatic N) is 2. The molecule has 23 heavy (non-hydrogen) atoms. The van der Waals surface area contributed by atoms with Crippen molar-refractivity contribution in [2.45, 2.75) is 30.8 Å². The summed E-state index contributed by atoms with van der Waals surface area (Å²) in [7, 11) is -0.513. The smallest absolute Gasteiger partial charge is 0.253 e. The van der Waals surface area contributed by atoms with Crippen LogP contribution in [-0.4, -0.2) is 63.4 Å². The SMILES string of the molecule is CCN(CC1CCCO1)C(=O)c1ccc(S(=O)(=O)N(C)C)cc1. The highest BCUT2D eigenvalue weighted by atomic mass is 32.2. The fraction of sp³-hybridized carbons (Fsp3) is 0.562. The quantitative estimate of drug-likeness (QED) is 0.788. The van der Waals surface area contributed by atoms with E-state index in [0.717, 1.165) is 23.8 Å². The van der Waals surface area contributed by atoms with Crippen LogP contribution >= 0.6 is 0 Å². The second kappa shape index (κ2) is 7.42. The van der Waals surface area contributed by atoms with Crippen LogP contribution in [-0.2, 0) is 14.8 Å². The molecule has 1 aromatic rings. The first-order chi connectivity index (χ1) is 10.9. The second-order valence-electron chi connectivity index (χ2n) is 5.79. The first-order valence-electron chi connectivity index (χ1n) is 7.79. The Balaban J connectivity index is 2.12. The molecule has 0 aliphatic carbocycles. The Labute approximate surface area is 138 Å². The molecule has 0 radical (unpaired) electrons. The van der Waals surface area contributed by atoms with Gasteiger partial charge in [0, 0.05) is 39.4 Å². The molecule has 1 atom stereocenters. The number of sulfonamides is 1. The number of ether oxygens (including phenoxy) is 1. The van der Waals surface area contributed by atoms with E-state index in [1.165, 1.54) is 26.2 Å². The fourth-order valence-corrected chi connectivity index (χ4v) is 3.45. The number of hydrogen-bond donors (Lipinski definition) is 0. The molecule has 1 unspecified atom stereocenters. The average molecular weight is 340 g/mol. The summed E-state index contributed by atoms with van der Waals surface area (Å²) in [5.41, 5.74) is 0.488. The van der Waals surface area contributed by atoms with Gasteiger partial charge in [-0.25, -0.2) is 12.7 Å². The lowest BCUT2D eigenvalue weighted by Gasteiger charge is -2.24. The van der Waals surface area contributed by atoms with Gasteiger partial charge in [0.25, 0.3) is 5.91 Å². The van der Waals surface area contributed by atoms with Crippen molar-refractivity contribution in [1.82, 2.24) is 9.21 Å². The lowest BCUT2D eigenvalue weighted by atomic mass is 10.1. The standard InChI is InChI=1S/C16H24N2O4S/c1-4-18(12-14-6-5-11-22-14)16(19)13-7-9-15(10-8-13)23(20,21)17(2)3/h7-10,14H,4-6,11-12H2,1-3H3. The maximum atomic E-state index is 12.6. The summed E-state index contributed by atoms with van der Waals surface area (Å²) in [6, 6.07) is 6.08. The van der Waals surface area contributed by atoms with Crippen molar-refractivity contribution in [3.8, 4) is 0 Å². The summed E-state index contributed by atoms with van der Waals surface area (Å²) < 4.78 is 30.8. The number of benzene rings is 1. The van der Waals surface area contributed by atoms with Crippen LogP contribution in [0, 0.1) is 0 Å². The van der Waals surface area contributed by atoms with Crippen molar-refractivity contribution in [2.24, 2.45) is 0 Å². The summed E-state index contributed by atoms with van der Waals surface area (Å²) >= 11 is 0. The van der Waals surface area contributed by atoms with Crippen molar-refractivity contribution in [2.75, 3.05) is 33.8 Å². The molecule has 0 bridgehead atoms. The predicted molar refractivity (Wildman–Crippen MR) is 87.9 cm³/mol. The van der Waals surface area contributed by atoms with Crippen molar-refractivity contribution in [3.63, 3.8) is 0 Å². The van der Waals surface area contributed by atoms with Gasteiger partial charge in [0.05, 0.1) is 11.0 Å². The van der Waals surface area contributed by atoms with Crippen LogP contribution in [0.1, 0.15) is 30.1 Å². The van der Waals surface area contributed by atoms with Crippen LogP contribution in [0.2, 0.25) is 0 Å². The van der Waals surface area contributed by atoms with E-state index in [9.17, 15) is 13.2 Å². The third kappa shape index (κ3) is 4.10. The van der Waals surface area contributed by atoms with Crippen LogP contribution in [0.4, 0.5) is 0 Å². The first-order valence-corrected chi connectivity index (χ1v) is 9.23. The molecule has 7 heteroatoms. The molecule has 0 spiro atoms. The zero-order valence-corrected chi connectivity index (χ0v) is 14.7. The van der Waals surface area contributed by atoms with Crippen molar-refractivity contribution in [1.29, 1.82) is 0 Å². The third-order valence-electron chi connectivity index (χ3n) is 4.00. The molecule has 1 fully saturated rings. The van der Waals surface area contributed by atoms with Crippen LogP contribution < -0.4 is 0 Å². The molecule has 6 nitrogen and oxygen atoms in total. The van der Waals surface area contributed by atoms with E-state index in [0.29, 0.717) is 18.7 Å². The van der Waals surface area contributed by atoms with Gasteiger partial charge in [-0.15, -0.1) is 0 Å². The highest BCUT2D eigenvalue weighted by Gasteiger charge is 2.23. The number of carbonyl (C=O) groups excluding carboxylic acids is 1. The monoisotopic (exact) mass is 340 g/mol. The van der Waals surface area contributed by atoms with Crippen molar-refractivity contribution < 1.29 is 17.9 Å². The summed E-state index contributed by atoms with van der Waals surface area (Å²) in [6.07, 6.45) is 2.12. The highest BCUT2D eigenvalue weighted by molar-refractivity contribution is 7.89. The minimum absolute atomic E-state index is 0.100. The summed E-state index contributed by atoms with van der Waals surface area (Å²) in [5.74, 6) is -0.100. The van der Waals surface area contributed by atoms with Gasteiger partial charge in [-0.3, -0.25) is 4.79 Å². The number of carbonyl (C=O) groups is 1. The van der Waals surface area contributed by atoms with Crippen LogP contribution in [0.5, 0.6) is 0 Å². The molecule has 0 aromatic heterocycles. The molecular formula is C16H24N2O4S. The van der Waals surface area contributed by atoms with Gasteiger partial charge in [0.15, 0.2) is 0 Å². The van der Waals surface area contributed by atoms with Gasteiger partial charge >= 0.3 is 0 Å². The topological polar surface area (TPSA) is 66.9 Å².